The average molecular weight is 360 g/mol. The van der Waals surface area contributed by atoms with Crippen LogP contribution in [0.15, 0.2) is 24.3 Å². The summed E-state index contributed by atoms with van der Waals surface area (Å²) in [6.45, 7) is 6.97. The third kappa shape index (κ3) is 5.03. The topological polar surface area (TPSA) is 82.7 Å². The van der Waals surface area contributed by atoms with Gasteiger partial charge in [-0.2, -0.15) is 0 Å². The van der Waals surface area contributed by atoms with Crippen molar-refractivity contribution in [1.29, 1.82) is 0 Å². The van der Waals surface area contributed by atoms with Gasteiger partial charge in [0.05, 0.1) is 12.7 Å². The molecule has 0 saturated carbocycles. The Bertz CT molecular complexity index is 614. The largest absolute Gasteiger partial charge is 0.375 e. The number of nitrogens with one attached hydrogen (secondary N) is 3. The number of rotatable bonds is 6. The Morgan fingerprint density at radius 1 is 1.23 bits per heavy atom. The average Bonchev–Trinajstić information content (AvgIpc) is 3.16. The smallest absolute Gasteiger partial charge is 0.251 e. The number of amides is 2. The molecule has 0 unspecified atom stereocenters. The van der Waals surface area contributed by atoms with Gasteiger partial charge in [0.1, 0.15) is 6.04 Å². The van der Waals surface area contributed by atoms with Crippen LogP contribution in [0.4, 0.5) is 5.69 Å². The lowest BCUT2D eigenvalue weighted by Crippen LogP contribution is -2.53. The van der Waals surface area contributed by atoms with Gasteiger partial charge in [-0.25, -0.2) is 0 Å². The number of morpholine rings is 1. The molecule has 3 N–H and O–H groups in total. The van der Waals surface area contributed by atoms with Crippen LogP contribution in [0.2, 0.25) is 0 Å². The summed E-state index contributed by atoms with van der Waals surface area (Å²) in [7, 11) is 0. The van der Waals surface area contributed by atoms with Crippen LogP contribution in [0.5, 0.6) is 0 Å². The van der Waals surface area contributed by atoms with Crippen LogP contribution in [-0.2, 0) is 9.53 Å². The van der Waals surface area contributed by atoms with E-state index in [-0.39, 0.29) is 24.0 Å². The zero-order valence-electron chi connectivity index (χ0n) is 15.3. The Morgan fingerprint density at radius 2 is 1.96 bits per heavy atom. The zero-order chi connectivity index (χ0) is 18.4. The minimum Gasteiger partial charge on any atom is -0.375 e. The summed E-state index contributed by atoms with van der Waals surface area (Å²) in [6, 6.07) is 6.60. The van der Waals surface area contributed by atoms with Crippen LogP contribution in [0.1, 0.15) is 30.1 Å². The molecule has 142 valence electrons. The van der Waals surface area contributed by atoms with Gasteiger partial charge in [0.25, 0.3) is 5.91 Å². The summed E-state index contributed by atoms with van der Waals surface area (Å²) in [4.78, 5) is 26.9. The number of likely N-dealkylation sites (tertiary alicyclic amines) is 1. The van der Waals surface area contributed by atoms with Crippen molar-refractivity contribution >= 4 is 17.5 Å². The molecule has 0 spiro atoms. The van der Waals surface area contributed by atoms with E-state index in [2.05, 4.69) is 20.9 Å². The van der Waals surface area contributed by atoms with E-state index < -0.39 is 0 Å². The van der Waals surface area contributed by atoms with Gasteiger partial charge in [-0.05, 0) is 57.1 Å². The molecule has 7 heteroatoms. The quantitative estimate of drug-likeness (QED) is 0.700. The van der Waals surface area contributed by atoms with Gasteiger partial charge < -0.3 is 25.6 Å². The molecule has 2 amide bonds. The van der Waals surface area contributed by atoms with Crippen LogP contribution in [0, 0.1) is 0 Å². The molecule has 1 aromatic carbocycles. The minimum atomic E-state index is -0.364. The molecule has 1 aromatic rings. The highest BCUT2D eigenvalue weighted by Crippen LogP contribution is 2.12. The predicted octanol–water partition coefficient (Wildman–Crippen LogP) is 0.828. The fourth-order valence-electron chi connectivity index (χ4n) is 3.39. The van der Waals surface area contributed by atoms with Crippen molar-refractivity contribution in [3.8, 4) is 0 Å². The number of hydrogen-bond donors (Lipinski definition) is 3. The molecule has 0 aliphatic carbocycles. The molecule has 0 aromatic heterocycles. The molecule has 2 atom stereocenters. The maximum Gasteiger partial charge on any atom is 0.251 e. The van der Waals surface area contributed by atoms with Crippen molar-refractivity contribution in [2.24, 2.45) is 0 Å². The Hall–Kier alpha value is -1.96. The Labute approximate surface area is 154 Å². The summed E-state index contributed by atoms with van der Waals surface area (Å²) >= 11 is 0. The van der Waals surface area contributed by atoms with E-state index in [1.165, 1.54) is 12.8 Å². The number of nitrogens with zero attached hydrogens (tertiary/aromatic N) is 1. The first-order chi connectivity index (χ1) is 12.6. The van der Waals surface area contributed by atoms with Gasteiger partial charge in [0.15, 0.2) is 0 Å². The fraction of sp³-hybridized carbons (Fsp3) is 0.579. The number of anilines is 1. The van der Waals surface area contributed by atoms with Crippen molar-refractivity contribution in [3.05, 3.63) is 29.8 Å². The molecule has 2 saturated heterocycles. The van der Waals surface area contributed by atoms with Crippen molar-refractivity contribution in [2.75, 3.05) is 44.6 Å². The van der Waals surface area contributed by atoms with Crippen LogP contribution >= 0.6 is 0 Å². The number of benzene rings is 1. The molecule has 26 heavy (non-hydrogen) atoms. The number of carbonyl (C=O) groups is 2. The zero-order valence-corrected chi connectivity index (χ0v) is 15.3. The predicted molar refractivity (Wildman–Crippen MR) is 100 cm³/mol. The minimum absolute atomic E-state index is 0.0851. The van der Waals surface area contributed by atoms with Gasteiger partial charge in [0, 0.05) is 30.9 Å². The standard InChI is InChI=1S/C19H28N4O3/c1-14-17(20-9-13-26-14)19(25)22-16-6-4-15(5-7-16)18(24)21-8-12-23-10-2-3-11-23/h4-7,14,17,20H,2-3,8-13H2,1H3,(H,21,24)(H,22,25)/t14-,17+/m1/s1. The Kier molecular flexibility index (Phi) is 6.60. The molecule has 2 fully saturated rings. The SMILES string of the molecule is C[C@H]1OCCN[C@@H]1C(=O)Nc1ccc(C(=O)NCCN2CCCC2)cc1. The summed E-state index contributed by atoms with van der Waals surface area (Å²) in [6.07, 6.45) is 2.34. The first-order valence-corrected chi connectivity index (χ1v) is 9.40. The van der Waals surface area contributed by atoms with Crippen LogP contribution in [-0.4, -0.2) is 68.2 Å². The van der Waals surface area contributed by atoms with Gasteiger partial charge in [-0.1, -0.05) is 0 Å². The maximum absolute atomic E-state index is 12.3. The lowest BCUT2D eigenvalue weighted by atomic mass is 10.1. The van der Waals surface area contributed by atoms with Crippen molar-refractivity contribution in [2.45, 2.75) is 31.9 Å². The van der Waals surface area contributed by atoms with Crippen LogP contribution in [0.3, 0.4) is 0 Å². The van der Waals surface area contributed by atoms with Gasteiger partial charge >= 0.3 is 0 Å². The summed E-state index contributed by atoms with van der Waals surface area (Å²) in [5.41, 5.74) is 1.26. The van der Waals surface area contributed by atoms with Gasteiger partial charge in [0.2, 0.25) is 5.91 Å². The second-order valence-electron chi connectivity index (χ2n) is 6.88. The maximum atomic E-state index is 12.3. The van der Waals surface area contributed by atoms with Crippen LogP contribution in [0.25, 0.3) is 0 Å². The summed E-state index contributed by atoms with van der Waals surface area (Å²) < 4.78 is 5.49. The second-order valence-corrected chi connectivity index (χ2v) is 6.88. The summed E-state index contributed by atoms with van der Waals surface area (Å²) in [5, 5.41) is 8.98. The molecule has 0 radical (unpaired) electrons. The Balaban J connectivity index is 1.46. The second kappa shape index (κ2) is 9.12. The van der Waals surface area contributed by atoms with E-state index in [4.69, 9.17) is 4.74 Å². The Morgan fingerprint density at radius 3 is 2.65 bits per heavy atom. The third-order valence-electron chi connectivity index (χ3n) is 4.93. The lowest BCUT2D eigenvalue weighted by molar-refractivity contribution is -0.123. The first kappa shape index (κ1) is 18.8. The third-order valence-corrected chi connectivity index (χ3v) is 4.93. The summed E-state index contributed by atoms with van der Waals surface area (Å²) in [5.74, 6) is -0.210. The molecule has 2 aliphatic heterocycles. The highest BCUT2D eigenvalue weighted by molar-refractivity contribution is 5.97. The van der Waals surface area contributed by atoms with Gasteiger partial charge in [-0.3, -0.25) is 9.59 Å². The van der Waals surface area contributed by atoms with E-state index >= 15 is 0 Å². The monoisotopic (exact) mass is 360 g/mol. The molecule has 0 bridgehead atoms. The number of ether oxygens (including phenoxy) is 1. The van der Waals surface area contributed by atoms with Crippen molar-refractivity contribution < 1.29 is 14.3 Å². The van der Waals surface area contributed by atoms with Crippen molar-refractivity contribution in [1.82, 2.24) is 15.5 Å². The molecule has 2 heterocycles. The molecular weight excluding hydrogens is 332 g/mol. The van der Waals surface area contributed by atoms with E-state index in [9.17, 15) is 9.59 Å². The molecule has 3 rings (SSSR count). The van der Waals surface area contributed by atoms with Crippen molar-refractivity contribution in [3.63, 3.8) is 0 Å². The molecule has 2 aliphatic rings. The van der Waals surface area contributed by atoms with E-state index in [0.717, 1.165) is 19.6 Å². The number of hydrogen-bond acceptors (Lipinski definition) is 5. The highest BCUT2D eigenvalue weighted by Gasteiger charge is 2.28. The van der Waals surface area contributed by atoms with Crippen LogP contribution < -0.4 is 16.0 Å². The van der Waals surface area contributed by atoms with E-state index in [0.29, 0.717) is 30.9 Å². The first-order valence-electron chi connectivity index (χ1n) is 9.40. The molecular formula is C19H28N4O3. The molecule has 7 nitrogen and oxygen atoms in total. The van der Waals surface area contributed by atoms with E-state index in [1.54, 1.807) is 24.3 Å². The highest BCUT2D eigenvalue weighted by atomic mass is 16.5. The fourth-order valence-corrected chi connectivity index (χ4v) is 3.39. The number of carbonyl (C=O) groups excluding carboxylic acids is 2. The lowest BCUT2D eigenvalue weighted by Gasteiger charge is -2.29. The van der Waals surface area contributed by atoms with Gasteiger partial charge in [-0.15, -0.1) is 0 Å². The van der Waals surface area contributed by atoms with E-state index in [1.807, 2.05) is 6.92 Å². The normalized spacial score (nSPS) is 23.6.